The lowest BCUT2D eigenvalue weighted by atomic mass is 10.2. The summed E-state index contributed by atoms with van der Waals surface area (Å²) in [6, 6.07) is 17.3. The molecule has 1 atom stereocenters. The van der Waals surface area contributed by atoms with Crippen molar-refractivity contribution in [3.05, 3.63) is 97.8 Å². The number of ether oxygens (including phenoxy) is 2. The smallest absolute Gasteiger partial charge is 0.347 e. The molecule has 40 heavy (non-hydrogen) atoms. The molecule has 12 heteroatoms. The van der Waals surface area contributed by atoms with Crippen molar-refractivity contribution >= 4 is 51.3 Å². The van der Waals surface area contributed by atoms with Crippen LogP contribution >= 0.6 is 11.6 Å². The number of rotatable bonds is 8. The van der Waals surface area contributed by atoms with E-state index in [2.05, 4.69) is 10.1 Å². The van der Waals surface area contributed by atoms with Crippen molar-refractivity contribution < 1.29 is 23.6 Å². The molecular formula is C28H21ClN4O7. The molecule has 0 N–H and O–H groups in total. The van der Waals surface area contributed by atoms with E-state index in [9.17, 15) is 19.7 Å². The average molecular weight is 561 g/mol. The van der Waals surface area contributed by atoms with Gasteiger partial charge in [-0.3, -0.25) is 14.9 Å². The van der Waals surface area contributed by atoms with Gasteiger partial charge in [0.15, 0.2) is 11.9 Å². The zero-order valence-corrected chi connectivity index (χ0v) is 22.0. The summed E-state index contributed by atoms with van der Waals surface area (Å²) in [7, 11) is 0. The maximum absolute atomic E-state index is 13.6. The summed E-state index contributed by atoms with van der Waals surface area (Å²) < 4.78 is 17.7. The quantitative estimate of drug-likeness (QED) is 0.104. The van der Waals surface area contributed by atoms with Crippen molar-refractivity contribution in [1.82, 2.24) is 9.66 Å². The number of esters is 1. The molecule has 0 aliphatic heterocycles. The van der Waals surface area contributed by atoms with Gasteiger partial charge >= 0.3 is 5.97 Å². The first-order valence-corrected chi connectivity index (χ1v) is 12.5. The van der Waals surface area contributed by atoms with Crippen molar-refractivity contribution in [2.75, 3.05) is 6.61 Å². The van der Waals surface area contributed by atoms with Gasteiger partial charge in [0, 0.05) is 28.1 Å². The van der Waals surface area contributed by atoms with E-state index in [-0.39, 0.29) is 35.2 Å². The standard InChI is InChI=1S/C28H21ClN4O7/c1-3-38-28(35)16(2)39-24-11-9-20(33(36)37)13-18(24)15-30-32-26(31-22-7-5-4-6-21(22)27(32)34)25-14-17-12-19(29)8-10-23(17)40-25/h4-16H,3H2,1-2H3/t16-/m1/s1. The summed E-state index contributed by atoms with van der Waals surface area (Å²) in [4.78, 5) is 41.2. The van der Waals surface area contributed by atoms with Crippen molar-refractivity contribution in [2.45, 2.75) is 20.0 Å². The fourth-order valence-corrected chi connectivity index (χ4v) is 4.17. The summed E-state index contributed by atoms with van der Waals surface area (Å²) >= 11 is 6.12. The van der Waals surface area contributed by atoms with E-state index in [0.29, 0.717) is 26.9 Å². The van der Waals surface area contributed by atoms with Crippen LogP contribution in [0.4, 0.5) is 5.69 Å². The predicted molar refractivity (Wildman–Crippen MR) is 149 cm³/mol. The number of aromatic nitrogens is 2. The Morgan fingerprint density at radius 2 is 2.00 bits per heavy atom. The highest BCUT2D eigenvalue weighted by Gasteiger charge is 2.20. The Hall–Kier alpha value is -5.03. The number of carbonyl (C=O) groups excluding carboxylic acids is 1. The zero-order chi connectivity index (χ0) is 28.4. The number of carbonyl (C=O) groups is 1. The summed E-state index contributed by atoms with van der Waals surface area (Å²) in [5, 5.41) is 17.3. The Balaban J connectivity index is 1.65. The van der Waals surface area contributed by atoms with E-state index in [1.54, 1.807) is 55.5 Å². The second-order valence-corrected chi connectivity index (χ2v) is 9.03. The molecule has 0 aliphatic rings. The second-order valence-electron chi connectivity index (χ2n) is 8.60. The minimum atomic E-state index is -1.00. The fraction of sp³-hybridized carbons (Fsp3) is 0.143. The molecule has 2 heterocycles. The predicted octanol–water partition coefficient (Wildman–Crippen LogP) is 5.58. The fourth-order valence-electron chi connectivity index (χ4n) is 3.99. The molecule has 0 bridgehead atoms. The molecule has 0 radical (unpaired) electrons. The molecule has 0 aliphatic carbocycles. The highest BCUT2D eigenvalue weighted by Crippen LogP contribution is 2.29. The van der Waals surface area contributed by atoms with Gasteiger partial charge in [0.05, 0.1) is 28.6 Å². The van der Waals surface area contributed by atoms with E-state index >= 15 is 0 Å². The highest BCUT2D eigenvalue weighted by atomic mass is 35.5. The molecular weight excluding hydrogens is 540 g/mol. The molecule has 11 nitrogen and oxygen atoms in total. The Morgan fingerprint density at radius 3 is 2.77 bits per heavy atom. The number of hydrogen-bond acceptors (Lipinski definition) is 9. The van der Waals surface area contributed by atoms with Crippen LogP contribution in [0.3, 0.4) is 0 Å². The van der Waals surface area contributed by atoms with Crippen LogP contribution in [0.5, 0.6) is 5.75 Å². The van der Waals surface area contributed by atoms with E-state index in [1.807, 2.05) is 0 Å². The molecule has 2 aromatic heterocycles. The van der Waals surface area contributed by atoms with Crippen LogP contribution in [0, 0.1) is 10.1 Å². The minimum Gasteiger partial charge on any atom is -0.478 e. The molecule has 202 valence electrons. The normalized spacial score (nSPS) is 12.2. The lowest BCUT2D eigenvalue weighted by molar-refractivity contribution is -0.384. The average Bonchev–Trinajstić information content (AvgIpc) is 3.36. The van der Waals surface area contributed by atoms with E-state index in [1.165, 1.54) is 31.3 Å². The molecule has 0 amide bonds. The van der Waals surface area contributed by atoms with Crippen molar-refractivity contribution in [2.24, 2.45) is 5.10 Å². The first kappa shape index (κ1) is 26.6. The number of benzene rings is 3. The maximum Gasteiger partial charge on any atom is 0.347 e. The molecule has 0 spiro atoms. The number of fused-ring (bicyclic) bond motifs is 2. The van der Waals surface area contributed by atoms with Crippen molar-refractivity contribution in [3.63, 3.8) is 0 Å². The van der Waals surface area contributed by atoms with Gasteiger partial charge in [0.2, 0.25) is 5.82 Å². The number of nitro groups is 1. The van der Waals surface area contributed by atoms with Crippen LogP contribution < -0.4 is 10.3 Å². The van der Waals surface area contributed by atoms with Gasteiger partial charge in [-0.05, 0) is 56.3 Å². The maximum atomic E-state index is 13.6. The van der Waals surface area contributed by atoms with Gasteiger partial charge < -0.3 is 13.9 Å². The Bertz CT molecular complexity index is 1860. The molecule has 0 saturated carbocycles. The number of para-hydroxylation sites is 1. The molecule has 0 unspecified atom stereocenters. The minimum absolute atomic E-state index is 0.0973. The van der Waals surface area contributed by atoms with Gasteiger partial charge in [-0.1, -0.05) is 23.7 Å². The number of furan rings is 1. The second kappa shape index (κ2) is 11.0. The van der Waals surface area contributed by atoms with Gasteiger partial charge in [0.1, 0.15) is 11.3 Å². The van der Waals surface area contributed by atoms with Crippen LogP contribution in [0.25, 0.3) is 33.5 Å². The molecule has 5 rings (SSSR count). The number of nitro benzene ring substituents is 1. The first-order chi connectivity index (χ1) is 19.2. The van der Waals surface area contributed by atoms with E-state index in [4.69, 9.17) is 25.5 Å². The van der Waals surface area contributed by atoms with Crippen LogP contribution in [0.2, 0.25) is 5.02 Å². The zero-order valence-electron chi connectivity index (χ0n) is 21.2. The summed E-state index contributed by atoms with van der Waals surface area (Å²) in [5.41, 5.74) is 0.363. The van der Waals surface area contributed by atoms with Crippen LogP contribution in [-0.2, 0) is 9.53 Å². The third kappa shape index (κ3) is 5.27. The van der Waals surface area contributed by atoms with Gasteiger partial charge in [-0.2, -0.15) is 9.78 Å². The summed E-state index contributed by atoms with van der Waals surface area (Å²) in [5.74, 6) is -0.133. The van der Waals surface area contributed by atoms with Crippen molar-refractivity contribution in [3.8, 4) is 17.3 Å². The van der Waals surface area contributed by atoms with Crippen LogP contribution in [0.15, 0.2) is 81.0 Å². The van der Waals surface area contributed by atoms with Gasteiger partial charge in [-0.15, -0.1) is 0 Å². The Morgan fingerprint density at radius 1 is 1.20 bits per heavy atom. The third-order valence-corrected chi connectivity index (χ3v) is 6.13. The monoisotopic (exact) mass is 560 g/mol. The highest BCUT2D eigenvalue weighted by molar-refractivity contribution is 6.31. The largest absolute Gasteiger partial charge is 0.478 e. The third-order valence-electron chi connectivity index (χ3n) is 5.89. The molecule has 0 fully saturated rings. The number of non-ortho nitro benzene ring substituents is 1. The first-order valence-electron chi connectivity index (χ1n) is 12.1. The SMILES string of the molecule is CCOC(=O)[C@@H](C)Oc1ccc([N+](=O)[O-])cc1C=Nn1c(-c2cc3cc(Cl)ccc3o2)nc2ccccc2c1=O. The number of nitrogens with zero attached hydrogens (tertiary/aromatic N) is 4. The lowest BCUT2D eigenvalue weighted by Crippen LogP contribution is -2.26. The topological polar surface area (TPSA) is 139 Å². The van der Waals surface area contributed by atoms with Crippen molar-refractivity contribution in [1.29, 1.82) is 0 Å². The summed E-state index contributed by atoms with van der Waals surface area (Å²) in [6.07, 6.45) is 0.220. The lowest BCUT2D eigenvalue weighted by Gasteiger charge is -2.15. The Labute approximate surface area is 231 Å². The van der Waals surface area contributed by atoms with E-state index < -0.39 is 22.6 Å². The molecule has 3 aromatic carbocycles. The van der Waals surface area contributed by atoms with Crippen LogP contribution in [0.1, 0.15) is 19.4 Å². The number of halogens is 1. The summed E-state index contributed by atoms with van der Waals surface area (Å²) in [6.45, 7) is 3.32. The molecule has 5 aromatic rings. The van der Waals surface area contributed by atoms with E-state index in [0.717, 1.165) is 4.68 Å². The number of hydrogen-bond donors (Lipinski definition) is 0. The van der Waals surface area contributed by atoms with Crippen LogP contribution in [-0.4, -0.2) is 39.5 Å². The Kier molecular flexibility index (Phi) is 7.30. The molecule has 0 saturated heterocycles. The van der Waals surface area contributed by atoms with Gasteiger partial charge in [0.25, 0.3) is 11.2 Å². The van der Waals surface area contributed by atoms with Gasteiger partial charge in [-0.25, -0.2) is 9.78 Å².